The Kier molecular flexibility index (Phi) is 6.14. The van der Waals surface area contributed by atoms with Crippen LogP contribution < -0.4 is 4.72 Å². The van der Waals surface area contributed by atoms with E-state index in [0.29, 0.717) is 25.2 Å². The molecular formula is C21H24N4O3S2. The van der Waals surface area contributed by atoms with Crippen LogP contribution in [0.25, 0.3) is 10.2 Å². The zero-order valence-corrected chi connectivity index (χ0v) is 18.4. The summed E-state index contributed by atoms with van der Waals surface area (Å²) in [5.41, 5.74) is 1.54. The van der Waals surface area contributed by atoms with Gasteiger partial charge in [-0.25, -0.2) is 18.1 Å². The summed E-state index contributed by atoms with van der Waals surface area (Å²) in [6.07, 6.45) is 0. The van der Waals surface area contributed by atoms with Gasteiger partial charge in [-0.1, -0.05) is 19.1 Å². The Morgan fingerprint density at radius 3 is 2.43 bits per heavy atom. The minimum absolute atomic E-state index is 0.0676. The molecule has 7 nitrogen and oxygen atoms in total. The molecule has 0 atom stereocenters. The highest BCUT2D eigenvalue weighted by molar-refractivity contribution is 7.89. The summed E-state index contributed by atoms with van der Waals surface area (Å²) in [5.74, 6) is -0.0676. The second-order valence-corrected chi connectivity index (χ2v) is 10.1. The lowest BCUT2D eigenvalue weighted by atomic mass is 10.2. The highest BCUT2D eigenvalue weighted by Gasteiger charge is 2.23. The number of hydrogen-bond acceptors (Lipinski definition) is 6. The van der Waals surface area contributed by atoms with Crippen LogP contribution in [0.15, 0.2) is 53.4 Å². The second kappa shape index (κ2) is 8.81. The van der Waals surface area contributed by atoms with E-state index in [4.69, 9.17) is 4.98 Å². The summed E-state index contributed by atoms with van der Waals surface area (Å²) in [5, 5.41) is 1.09. The Hall–Kier alpha value is -2.33. The Morgan fingerprint density at radius 1 is 1.07 bits per heavy atom. The van der Waals surface area contributed by atoms with Gasteiger partial charge in [0.2, 0.25) is 10.0 Å². The molecule has 0 radical (unpaired) electrons. The Bertz CT molecular complexity index is 1100. The molecule has 4 rings (SSSR count). The molecule has 1 saturated heterocycles. The highest BCUT2D eigenvalue weighted by atomic mass is 32.2. The second-order valence-electron chi connectivity index (χ2n) is 7.17. The lowest BCUT2D eigenvalue weighted by Crippen LogP contribution is -2.48. The van der Waals surface area contributed by atoms with E-state index in [9.17, 15) is 13.2 Å². The lowest BCUT2D eigenvalue weighted by Gasteiger charge is -2.34. The zero-order valence-electron chi connectivity index (χ0n) is 16.7. The van der Waals surface area contributed by atoms with E-state index in [1.165, 1.54) is 16.8 Å². The number of aromatic nitrogens is 1. The number of fused-ring (bicyclic) bond motifs is 1. The first-order valence-corrected chi connectivity index (χ1v) is 12.2. The molecule has 3 aromatic rings. The van der Waals surface area contributed by atoms with Crippen LogP contribution in [0.3, 0.4) is 0 Å². The molecule has 1 aromatic heterocycles. The SMILES string of the molecule is CCNS(=O)(=O)c1ccc(C(=O)N2CCN(Cc3nc4ccccc4s3)CC2)cc1. The van der Waals surface area contributed by atoms with E-state index < -0.39 is 10.0 Å². The topological polar surface area (TPSA) is 82.6 Å². The molecule has 30 heavy (non-hydrogen) atoms. The van der Waals surface area contributed by atoms with Gasteiger partial charge in [-0.3, -0.25) is 9.69 Å². The largest absolute Gasteiger partial charge is 0.336 e. The number of nitrogens with one attached hydrogen (secondary N) is 1. The first-order valence-electron chi connectivity index (χ1n) is 9.92. The zero-order chi connectivity index (χ0) is 21.1. The van der Waals surface area contributed by atoms with Gasteiger partial charge < -0.3 is 4.90 Å². The molecule has 158 valence electrons. The van der Waals surface area contributed by atoms with E-state index in [1.54, 1.807) is 30.4 Å². The molecule has 0 spiro atoms. The summed E-state index contributed by atoms with van der Waals surface area (Å²) < 4.78 is 27.7. The van der Waals surface area contributed by atoms with Crippen molar-refractivity contribution >= 4 is 37.5 Å². The third-order valence-corrected chi connectivity index (χ3v) is 7.69. The van der Waals surface area contributed by atoms with Crippen LogP contribution in [0, 0.1) is 0 Å². The molecule has 1 aliphatic heterocycles. The number of thiazole rings is 1. The summed E-state index contributed by atoms with van der Waals surface area (Å²) in [6, 6.07) is 14.3. The van der Waals surface area contributed by atoms with Crippen LogP contribution in [-0.4, -0.2) is 61.8 Å². The summed E-state index contributed by atoms with van der Waals surface area (Å²) in [6.45, 7) is 5.69. The van der Waals surface area contributed by atoms with Crippen molar-refractivity contribution in [2.24, 2.45) is 0 Å². The van der Waals surface area contributed by atoms with E-state index in [0.717, 1.165) is 30.2 Å². The van der Waals surface area contributed by atoms with Gasteiger partial charge in [0, 0.05) is 38.3 Å². The number of benzene rings is 2. The maximum Gasteiger partial charge on any atom is 0.253 e. The number of nitrogens with zero attached hydrogens (tertiary/aromatic N) is 3. The number of piperazine rings is 1. The fraction of sp³-hybridized carbons (Fsp3) is 0.333. The molecule has 1 N–H and O–H groups in total. The molecule has 0 saturated carbocycles. The molecular weight excluding hydrogens is 420 g/mol. The summed E-state index contributed by atoms with van der Waals surface area (Å²) >= 11 is 1.71. The maximum atomic E-state index is 12.8. The number of carbonyl (C=O) groups is 1. The number of hydrogen-bond donors (Lipinski definition) is 1. The lowest BCUT2D eigenvalue weighted by molar-refractivity contribution is 0.0628. The van der Waals surface area contributed by atoms with Gasteiger partial charge in [-0.05, 0) is 36.4 Å². The third kappa shape index (κ3) is 4.54. The van der Waals surface area contributed by atoms with Crippen LogP contribution in [0.5, 0.6) is 0 Å². The first-order chi connectivity index (χ1) is 14.5. The average Bonchev–Trinajstić information content (AvgIpc) is 3.16. The van der Waals surface area contributed by atoms with Gasteiger partial charge in [-0.2, -0.15) is 0 Å². The first kappa shape index (κ1) is 20.9. The normalized spacial score (nSPS) is 15.6. The van der Waals surface area contributed by atoms with E-state index in [1.807, 2.05) is 23.1 Å². The van der Waals surface area contributed by atoms with Gasteiger partial charge in [0.25, 0.3) is 5.91 Å². The van der Waals surface area contributed by atoms with E-state index in [2.05, 4.69) is 15.7 Å². The number of amides is 1. The van der Waals surface area contributed by atoms with Gasteiger partial charge in [0.1, 0.15) is 5.01 Å². The van der Waals surface area contributed by atoms with Gasteiger partial charge in [0.05, 0.1) is 21.7 Å². The fourth-order valence-electron chi connectivity index (χ4n) is 3.52. The predicted octanol–water partition coefficient (Wildman–Crippen LogP) is 2.55. The van der Waals surface area contributed by atoms with Crippen molar-refractivity contribution in [2.45, 2.75) is 18.4 Å². The number of sulfonamides is 1. The number of rotatable bonds is 6. The average molecular weight is 445 g/mol. The minimum atomic E-state index is -3.51. The molecule has 0 aliphatic carbocycles. The molecule has 0 bridgehead atoms. The molecule has 1 aliphatic rings. The molecule has 2 aromatic carbocycles. The molecule has 0 unspecified atom stereocenters. The molecule has 2 heterocycles. The monoisotopic (exact) mass is 444 g/mol. The Balaban J connectivity index is 1.35. The van der Waals surface area contributed by atoms with E-state index in [-0.39, 0.29) is 10.8 Å². The number of carbonyl (C=O) groups excluding carboxylic acids is 1. The Labute approximate surface area is 180 Å². The van der Waals surface area contributed by atoms with Crippen LogP contribution >= 0.6 is 11.3 Å². The van der Waals surface area contributed by atoms with Crippen molar-refractivity contribution in [3.8, 4) is 0 Å². The van der Waals surface area contributed by atoms with Crippen LogP contribution in [-0.2, 0) is 16.6 Å². The van der Waals surface area contributed by atoms with Gasteiger partial charge >= 0.3 is 0 Å². The third-order valence-electron chi connectivity index (χ3n) is 5.10. The highest BCUT2D eigenvalue weighted by Crippen LogP contribution is 2.23. The number of para-hydroxylation sites is 1. The summed E-state index contributed by atoms with van der Waals surface area (Å²) in [7, 11) is -3.51. The van der Waals surface area contributed by atoms with Crippen molar-refractivity contribution in [3.05, 3.63) is 59.1 Å². The molecule has 1 fully saturated rings. The standard InChI is InChI=1S/C21H24N4O3S2/c1-2-22-30(27,28)17-9-7-16(8-10-17)21(26)25-13-11-24(12-14-25)15-20-23-18-5-3-4-6-19(18)29-20/h3-10,22H,2,11-15H2,1H3. The smallest absolute Gasteiger partial charge is 0.253 e. The minimum Gasteiger partial charge on any atom is -0.336 e. The van der Waals surface area contributed by atoms with Crippen LogP contribution in [0.1, 0.15) is 22.3 Å². The predicted molar refractivity (Wildman–Crippen MR) is 118 cm³/mol. The maximum absolute atomic E-state index is 12.8. The van der Waals surface area contributed by atoms with Crippen molar-refractivity contribution < 1.29 is 13.2 Å². The van der Waals surface area contributed by atoms with Gasteiger partial charge in [-0.15, -0.1) is 11.3 Å². The van der Waals surface area contributed by atoms with E-state index >= 15 is 0 Å². The molecule has 1 amide bonds. The van der Waals surface area contributed by atoms with Crippen LogP contribution in [0.4, 0.5) is 0 Å². The Morgan fingerprint density at radius 2 is 1.77 bits per heavy atom. The van der Waals surface area contributed by atoms with Crippen molar-refractivity contribution in [1.29, 1.82) is 0 Å². The van der Waals surface area contributed by atoms with Crippen molar-refractivity contribution in [3.63, 3.8) is 0 Å². The van der Waals surface area contributed by atoms with Crippen LogP contribution in [0.2, 0.25) is 0 Å². The quantitative estimate of drug-likeness (QED) is 0.632. The fourth-order valence-corrected chi connectivity index (χ4v) is 5.57. The van der Waals surface area contributed by atoms with Crippen molar-refractivity contribution in [1.82, 2.24) is 19.5 Å². The summed E-state index contributed by atoms with van der Waals surface area (Å²) in [4.78, 5) is 21.8. The van der Waals surface area contributed by atoms with Crippen molar-refractivity contribution in [2.75, 3.05) is 32.7 Å². The molecule has 9 heteroatoms. The van der Waals surface area contributed by atoms with Gasteiger partial charge in [0.15, 0.2) is 0 Å².